The van der Waals surface area contributed by atoms with Gasteiger partial charge in [0, 0.05) is 56.8 Å². The molecule has 0 unspecified atom stereocenters. The van der Waals surface area contributed by atoms with E-state index in [2.05, 4.69) is 9.80 Å². The maximum atomic E-state index is 13.4. The SMILES string of the molecule is CC(N)=CC(=Nc1ccccc1)N1CCN([C@H]2C[C@@H](C(=O)N3CCSC3)N(C(=O)OC(C)(C)C)C2)CC1. The summed E-state index contributed by atoms with van der Waals surface area (Å²) < 4.78 is 5.69. The van der Waals surface area contributed by atoms with Gasteiger partial charge in [-0.15, -0.1) is 11.8 Å². The highest BCUT2D eigenvalue weighted by atomic mass is 32.2. The number of benzene rings is 1. The largest absolute Gasteiger partial charge is 0.444 e. The van der Waals surface area contributed by atoms with Crippen LogP contribution in [0.4, 0.5) is 10.5 Å². The molecule has 202 valence electrons. The van der Waals surface area contributed by atoms with Crippen molar-refractivity contribution < 1.29 is 14.3 Å². The number of carbonyl (C=O) groups excluding carboxylic acids is 2. The van der Waals surface area contributed by atoms with Crippen LogP contribution in [-0.2, 0) is 9.53 Å². The summed E-state index contributed by atoms with van der Waals surface area (Å²) in [7, 11) is 0. The van der Waals surface area contributed by atoms with Gasteiger partial charge in [0.25, 0.3) is 0 Å². The fourth-order valence-corrected chi connectivity index (χ4v) is 5.94. The molecule has 3 heterocycles. The van der Waals surface area contributed by atoms with Crippen molar-refractivity contribution in [1.29, 1.82) is 0 Å². The van der Waals surface area contributed by atoms with Gasteiger partial charge in [-0.3, -0.25) is 14.6 Å². The van der Waals surface area contributed by atoms with Gasteiger partial charge in [-0.1, -0.05) is 18.2 Å². The predicted molar refractivity (Wildman–Crippen MR) is 149 cm³/mol. The number of hydrogen-bond acceptors (Lipinski definition) is 7. The highest BCUT2D eigenvalue weighted by Gasteiger charge is 2.45. The van der Waals surface area contributed by atoms with E-state index in [1.807, 2.05) is 69.0 Å². The summed E-state index contributed by atoms with van der Waals surface area (Å²) in [6.07, 6.45) is 2.15. The molecular weight excluding hydrogens is 488 g/mol. The standard InChI is InChI=1S/C27H40N6O3S/c1-20(28)16-24(29-21-8-6-5-7-9-21)31-12-10-30(11-13-31)22-17-23(25(34)32-14-15-37-19-32)33(18-22)26(35)36-27(2,3)4/h5-9,16,22-23H,10-15,17-19,28H2,1-4H3/t22-,23-/m0/s1. The summed E-state index contributed by atoms with van der Waals surface area (Å²) in [5.41, 5.74) is 7.01. The maximum absolute atomic E-state index is 13.4. The van der Waals surface area contributed by atoms with Gasteiger partial charge in [-0.2, -0.15) is 0 Å². The molecule has 0 saturated carbocycles. The minimum absolute atomic E-state index is 0.0397. The van der Waals surface area contributed by atoms with E-state index >= 15 is 0 Å². The summed E-state index contributed by atoms with van der Waals surface area (Å²) in [5.74, 6) is 2.53. The normalized spacial score (nSPS) is 24.1. The van der Waals surface area contributed by atoms with Crippen LogP contribution < -0.4 is 5.73 Å². The van der Waals surface area contributed by atoms with Gasteiger partial charge in [0.2, 0.25) is 5.91 Å². The zero-order valence-corrected chi connectivity index (χ0v) is 23.2. The first-order valence-electron chi connectivity index (χ1n) is 13.0. The van der Waals surface area contributed by atoms with Gasteiger partial charge in [0.05, 0.1) is 11.6 Å². The Morgan fingerprint density at radius 1 is 1.08 bits per heavy atom. The van der Waals surface area contributed by atoms with Crippen molar-refractivity contribution in [1.82, 2.24) is 19.6 Å². The van der Waals surface area contributed by atoms with Crippen LogP contribution in [0.25, 0.3) is 0 Å². The molecular formula is C27H40N6O3S. The molecule has 3 saturated heterocycles. The van der Waals surface area contributed by atoms with Gasteiger partial charge < -0.3 is 20.3 Å². The lowest BCUT2D eigenvalue weighted by Gasteiger charge is -2.39. The first-order valence-corrected chi connectivity index (χ1v) is 14.2. The smallest absolute Gasteiger partial charge is 0.411 e. The molecule has 3 aliphatic heterocycles. The third kappa shape index (κ3) is 7.19. The minimum Gasteiger partial charge on any atom is -0.444 e. The number of thioether (sulfide) groups is 1. The van der Waals surface area contributed by atoms with E-state index in [1.54, 1.807) is 16.7 Å². The van der Waals surface area contributed by atoms with Crippen LogP contribution in [0.5, 0.6) is 0 Å². The third-order valence-electron chi connectivity index (χ3n) is 6.77. The Morgan fingerprint density at radius 2 is 1.78 bits per heavy atom. The number of piperazine rings is 1. The van der Waals surface area contributed by atoms with Crippen LogP contribution >= 0.6 is 11.8 Å². The quantitative estimate of drug-likeness (QED) is 0.474. The molecule has 9 nitrogen and oxygen atoms in total. The van der Waals surface area contributed by atoms with Crippen LogP contribution in [-0.4, -0.2) is 106 Å². The molecule has 2 atom stereocenters. The Hall–Kier alpha value is -2.72. The molecule has 0 bridgehead atoms. The molecule has 0 aromatic heterocycles. The number of likely N-dealkylation sites (tertiary alicyclic amines) is 1. The Bertz CT molecular complexity index is 1010. The number of para-hydroxylation sites is 1. The first-order chi connectivity index (χ1) is 17.6. The number of hydrogen-bond donors (Lipinski definition) is 1. The van der Waals surface area contributed by atoms with Gasteiger partial charge in [0.15, 0.2) is 0 Å². The molecule has 0 spiro atoms. The topological polar surface area (TPSA) is 94.7 Å². The molecule has 0 radical (unpaired) electrons. The number of nitrogens with zero attached hydrogens (tertiary/aromatic N) is 5. The van der Waals surface area contributed by atoms with Crippen LogP contribution in [0.1, 0.15) is 34.1 Å². The number of carbonyl (C=O) groups is 2. The Labute approximate surface area is 224 Å². The van der Waals surface area contributed by atoms with E-state index in [9.17, 15) is 9.59 Å². The van der Waals surface area contributed by atoms with Crippen LogP contribution in [0, 0.1) is 0 Å². The van der Waals surface area contributed by atoms with E-state index in [4.69, 9.17) is 15.5 Å². The van der Waals surface area contributed by atoms with Crippen molar-refractivity contribution >= 4 is 35.3 Å². The van der Waals surface area contributed by atoms with E-state index in [1.165, 1.54) is 0 Å². The molecule has 4 rings (SSSR count). The van der Waals surface area contributed by atoms with Gasteiger partial charge in [-0.25, -0.2) is 9.79 Å². The number of aliphatic imine (C=N–C) groups is 1. The summed E-state index contributed by atoms with van der Waals surface area (Å²) >= 11 is 1.75. The molecule has 0 aliphatic carbocycles. The Kier molecular flexibility index (Phi) is 8.69. The number of nitrogens with two attached hydrogens (primary N) is 1. The van der Waals surface area contributed by atoms with Crippen molar-refractivity contribution in [2.45, 2.75) is 51.8 Å². The molecule has 3 aliphatic rings. The van der Waals surface area contributed by atoms with Crippen molar-refractivity contribution in [2.24, 2.45) is 10.7 Å². The predicted octanol–water partition coefficient (Wildman–Crippen LogP) is 3.11. The lowest BCUT2D eigenvalue weighted by atomic mass is 10.1. The molecule has 37 heavy (non-hydrogen) atoms. The Morgan fingerprint density at radius 3 is 2.38 bits per heavy atom. The summed E-state index contributed by atoms with van der Waals surface area (Å²) in [6.45, 7) is 11.9. The first kappa shape index (κ1) is 27.3. The number of ether oxygens (including phenoxy) is 1. The van der Waals surface area contributed by atoms with Crippen LogP contribution in [0.15, 0.2) is 47.1 Å². The van der Waals surface area contributed by atoms with Crippen molar-refractivity contribution in [3.63, 3.8) is 0 Å². The average molecular weight is 529 g/mol. The van der Waals surface area contributed by atoms with E-state index in [-0.39, 0.29) is 11.9 Å². The number of amidine groups is 1. The monoisotopic (exact) mass is 528 g/mol. The zero-order chi connectivity index (χ0) is 26.6. The van der Waals surface area contributed by atoms with Gasteiger partial charge in [0.1, 0.15) is 17.5 Å². The van der Waals surface area contributed by atoms with E-state index < -0.39 is 17.7 Å². The highest BCUT2D eigenvalue weighted by Crippen LogP contribution is 2.28. The number of amides is 2. The second kappa shape index (κ2) is 11.8. The van der Waals surface area contributed by atoms with Gasteiger partial charge in [-0.05, 0) is 52.3 Å². The third-order valence-corrected chi connectivity index (χ3v) is 7.73. The minimum atomic E-state index is -0.610. The van der Waals surface area contributed by atoms with Crippen LogP contribution in [0.3, 0.4) is 0 Å². The summed E-state index contributed by atoms with van der Waals surface area (Å²) in [6, 6.07) is 9.52. The molecule has 2 N–H and O–H groups in total. The average Bonchev–Trinajstić information content (AvgIpc) is 3.54. The zero-order valence-electron chi connectivity index (χ0n) is 22.4. The molecule has 2 amide bonds. The van der Waals surface area contributed by atoms with E-state index in [0.717, 1.165) is 50.0 Å². The van der Waals surface area contributed by atoms with Gasteiger partial charge >= 0.3 is 6.09 Å². The maximum Gasteiger partial charge on any atom is 0.411 e. The molecule has 1 aromatic rings. The van der Waals surface area contributed by atoms with Crippen molar-refractivity contribution in [3.8, 4) is 0 Å². The number of rotatable bonds is 4. The summed E-state index contributed by atoms with van der Waals surface area (Å²) in [5, 5.41) is 0. The van der Waals surface area contributed by atoms with Crippen molar-refractivity contribution in [2.75, 3.05) is 50.9 Å². The number of allylic oxidation sites excluding steroid dienone is 1. The molecule has 10 heteroatoms. The van der Waals surface area contributed by atoms with Crippen molar-refractivity contribution in [3.05, 3.63) is 42.1 Å². The fraction of sp³-hybridized carbons (Fsp3) is 0.593. The van der Waals surface area contributed by atoms with E-state index in [0.29, 0.717) is 24.5 Å². The van der Waals surface area contributed by atoms with Crippen LogP contribution in [0.2, 0.25) is 0 Å². The lowest BCUT2D eigenvalue weighted by Crippen LogP contribution is -2.52. The second-order valence-electron chi connectivity index (χ2n) is 10.9. The lowest BCUT2D eigenvalue weighted by molar-refractivity contribution is -0.134. The Balaban J connectivity index is 1.45. The second-order valence-corrected chi connectivity index (χ2v) is 12.0. The highest BCUT2D eigenvalue weighted by molar-refractivity contribution is 7.99. The molecule has 1 aromatic carbocycles. The summed E-state index contributed by atoms with van der Waals surface area (Å²) in [4.78, 5) is 39.5. The molecule has 3 fully saturated rings. The fourth-order valence-electron chi connectivity index (χ4n) is 4.98.